The number of hydrogen-bond donors (Lipinski definition) is 1. The van der Waals surface area contributed by atoms with Crippen LogP contribution in [0.2, 0.25) is 0 Å². The van der Waals surface area contributed by atoms with Gasteiger partial charge in [0.15, 0.2) is 0 Å². The van der Waals surface area contributed by atoms with E-state index in [1.807, 2.05) is 0 Å². The first-order chi connectivity index (χ1) is 18.0. The number of rotatable bonds is 7. The molecule has 7 nitrogen and oxygen atoms in total. The van der Waals surface area contributed by atoms with Crippen molar-refractivity contribution in [3.63, 3.8) is 0 Å². The van der Waals surface area contributed by atoms with Crippen molar-refractivity contribution in [2.45, 2.75) is 58.7 Å². The minimum absolute atomic E-state index is 0.0883. The highest BCUT2D eigenvalue weighted by molar-refractivity contribution is 6.03. The number of halogens is 3. The van der Waals surface area contributed by atoms with Gasteiger partial charge >= 0.3 is 12.1 Å². The van der Waals surface area contributed by atoms with Gasteiger partial charge in [0.1, 0.15) is 17.1 Å². The Kier molecular flexibility index (Phi) is 7.80. The molecule has 0 aliphatic heterocycles. The zero-order valence-corrected chi connectivity index (χ0v) is 21.4. The monoisotopic (exact) mass is 529 g/mol. The van der Waals surface area contributed by atoms with Gasteiger partial charge in [0.05, 0.1) is 17.6 Å². The molecule has 10 heteroatoms. The molecule has 1 aliphatic rings. The average molecular weight is 530 g/mol. The fourth-order valence-electron chi connectivity index (χ4n) is 4.84. The summed E-state index contributed by atoms with van der Waals surface area (Å²) in [5, 5.41) is 9.96. The molecule has 3 aromatic rings. The molecular weight excluding hydrogens is 499 g/mol. The van der Waals surface area contributed by atoms with Crippen LogP contribution in [0.3, 0.4) is 0 Å². The average Bonchev–Trinajstić information content (AvgIpc) is 3.39. The number of anilines is 1. The number of aromatic carboxylic acids is 1. The van der Waals surface area contributed by atoms with E-state index in [2.05, 4.69) is 11.9 Å². The normalized spacial score (nSPS) is 17.9. The number of aromatic nitrogens is 2. The number of benzene rings is 2. The second-order valence-corrected chi connectivity index (χ2v) is 9.99. The molecular formula is C28H30F3N3O4. The number of carbonyl (C=O) groups is 2. The second kappa shape index (κ2) is 10.9. The predicted molar refractivity (Wildman–Crippen MR) is 136 cm³/mol. The van der Waals surface area contributed by atoms with Crippen LogP contribution in [0.15, 0.2) is 55.1 Å². The van der Waals surface area contributed by atoms with Crippen LogP contribution in [-0.2, 0) is 11.0 Å². The van der Waals surface area contributed by atoms with Crippen LogP contribution in [0.4, 0.5) is 18.9 Å². The van der Waals surface area contributed by atoms with Gasteiger partial charge in [-0.05, 0) is 81.8 Å². The van der Waals surface area contributed by atoms with Gasteiger partial charge in [-0.1, -0.05) is 6.92 Å². The summed E-state index contributed by atoms with van der Waals surface area (Å²) in [5.41, 5.74) is -0.811. The molecule has 0 atom stereocenters. The molecule has 0 unspecified atom stereocenters. The Hall–Kier alpha value is -3.82. The van der Waals surface area contributed by atoms with E-state index < -0.39 is 23.5 Å². The van der Waals surface area contributed by atoms with Crippen molar-refractivity contribution in [1.29, 1.82) is 0 Å². The van der Waals surface area contributed by atoms with Gasteiger partial charge in [-0.25, -0.2) is 9.78 Å². The largest absolute Gasteiger partial charge is 0.478 e. The molecule has 1 aliphatic carbocycles. The van der Waals surface area contributed by atoms with Crippen LogP contribution in [0.5, 0.6) is 11.5 Å². The molecule has 38 heavy (non-hydrogen) atoms. The van der Waals surface area contributed by atoms with Gasteiger partial charge in [0.25, 0.3) is 0 Å². The summed E-state index contributed by atoms with van der Waals surface area (Å²) in [6.45, 7) is 5.76. The summed E-state index contributed by atoms with van der Waals surface area (Å²) in [4.78, 5) is 31.0. The van der Waals surface area contributed by atoms with Crippen molar-refractivity contribution in [2.24, 2.45) is 11.8 Å². The molecule has 1 aromatic heterocycles. The van der Waals surface area contributed by atoms with E-state index in [4.69, 9.17) is 4.74 Å². The van der Waals surface area contributed by atoms with E-state index in [0.29, 0.717) is 5.92 Å². The lowest BCUT2D eigenvalue weighted by molar-refractivity contribution is -0.138. The molecule has 0 spiro atoms. The maximum atomic E-state index is 13.9. The highest BCUT2D eigenvalue weighted by atomic mass is 19.4. The third-order valence-corrected chi connectivity index (χ3v) is 6.88. The lowest BCUT2D eigenvalue weighted by Crippen LogP contribution is -2.42. The van der Waals surface area contributed by atoms with Crippen LogP contribution in [0.1, 0.15) is 62.4 Å². The van der Waals surface area contributed by atoms with Crippen LogP contribution in [0, 0.1) is 11.8 Å². The van der Waals surface area contributed by atoms with Gasteiger partial charge in [0, 0.05) is 30.0 Å². The molecule has 1 N–H and O–H groups in total. The molecule has 1 heterocycles. The number of carboxylic acid groups (broad SMARTS) is 1. The molecule has 1 fully saturated rings. The lowest BCUT2D eigenvalue weighted by atomic mass is 9.82. The number of amides is 1. The Bertz CT molecular complexity index is 1300. The fourth-order valence-corrected chi connectivity index (χ4v) is 4.84. The topological polar surface area (TPSA) is 84.7 Å². The number of carboxylic acids is 1. The van der Waals surface area contributed by atoms with Crippen molar-refractivity contribution in [1.82, 2.24) is 9.55 Å². The molecule has 0 radical (unpaired) electrons. The third-order valence-electron chi connectivity index (χ3n) is 6.88. The van der Waals surface area contributed by atoms with Gasteiger partial charge in [0.2, 0.25) is 5.91 Å². The van der Waals surface area contributed by atoms with Crippen molar-refractivity contribution >= 4 is 17.6 Å². The zero-order chi connectivity index (χ0) is 27.6. The summed E-state index contributed by atoms with van der Waals surface area (Å²) < 4.78 is 48.7. The molecule has 1 saturated carbocycles. The number of nitrogens with zero attached hydrogens (tertiary/aromatic N) is 3. The van der Waals surface area contributed by atoms with Gasteiger partial charge in [-0.15, -0.1) is 0 Å². The van der Waals surface area contributed by atoms with Crippen molar-refractivity contribution in [3.8, 4) is 17.2 Å². The number of ether oxygens (including phenoxy) is 1. The Balaban J connectivity index is 1.68. The summed E-state index contributed by atoms with van der Waals surface area (Å²) in [6.07, 6.45) is 2.97. The Labute approximate surface area is 218 Å². The van der Waals surface area contributed by atoms with Crippen molar-refractivity contribution in [3.05, 3.63) is 66.2 Å². The summed E-state index contributed by atoms with van der Waals surface area (Å²) in [6, 6.07) is 7.22. The Morgan fingerprint density at radius 3 is 2.39 bits per heavy atom. The maximum Gasteiger partial charge on any atom is 0.420 e. The molecule has 0 bridgehead atoms. The number of hydrogen-bond acceptors (Lipinski definition) is 4. The van der Waals surface area contributed by atoms with E-state index >= 15 is 0 Å². The molecule has 2 aromatic carbocycles. The highest BCUT2D eigenvalue weighted by Gasteiger charge is 2.36. The van der Waals surface area contributed by atoms with E-state index in [1.54, 1.807) is 13.8 Å². The lowest BCUT2D eigenvalue weighted by Gasteiger charge is -2.34. The zero-order valence-electron chi connectivity index (χ0n) is 21.4. The minimum Gasteiger partial charge on any atom is -0.478 e. The van der Waals surface area contributed by atoms with E-state index in [1.165, 1.54) is 52.5 Å². The van der Waals surface area contributed by atoms with E-state index in [-0.39, 0.29) is 40.6 Å². The summed E-state index contributed by atoms with van der Waals surface area (Å²) in [5.74, 6) is -1.67. The first-order valence-electron chi connectivity index (χ1n) is 12.5. The number of imidazole rings is 1. The van der Waals surface area contributed by atoms with Gasteiger partial charge in [-0.3, -0.25) is 4.79 Å². The first kappa shape index (κ1) is 27.2. The first-order valence-corrected chi connectivity index (χ1v) is 12.5. The molecule has 4 rings (SSSR count). The highest BCUT2D eigenvalue weighted by Crippen LogP contribution is 2.40. The Morgan fingerprint density at radius 1 is 1.11 bits per heavy atom. The fraction of sp³-hybridized carbons (Fsp3) is 0.393. The smallest absolute Gasteiger partial charge is 0.420 e. The Morgan fingerprint density at radius 2 is 1.82 bits per heavy atom. The predicted octanol–water partition coefficient (Wildman–Crippen LogP) is 6.95. The van der Waals surface area contributed by atoms with Crippen LogP contribution in [0.25, 0.3) is 5.69 Å². The molecule has 1 amide bonds. The molecule has 0 saturated heterocycles. The van der Waals surface area contributed by atoms with Crippen LogP contribution in [-0.4, -0.2) is 32.6 Å². The van der Waals surface area contributed by atoms with Crippen LogP contribution >= 0.6 is 0 Å². The van der Waals surface area contributed by atoms with Gasteiger partial charge in [-0.2, -0.15) is 13.2 Å². The standard InChI is InChI=1S/C28H30F3N3O4/c1-17(2)34(26(35)19-6-4-18(3)5-7-19)24-10-9-21(15-22(24)27(36)37)38-25-11-8-20(33-13-12-32-16-33)14-23(25)28(29,30)31/h8-19H,4-7H2,1-3H3,(H,36,37). The number of carbonyl (C=O) groups excluding carboxylic acids is 1. The second-order valence-electron chi connectivity index (χ2n) is 9.99. The number of alkyl halides is 3. The maximum absolute atomic E-state index is 13.9. The summed E-state index contributed by atoms with van der Waals surface area (Å²) in [7, 11) is 0. The summed E-state index contributed by atoms with van der Waals surface area (Å²) >= 11 is 0. The van der Waals surface area contributed by atoms with E-state index in [9.17, 15) is 27.9 Å². The quantitative estimate of drug-likeness (QED) is 0.358. The van der Waals surface area contributed by atoms with Gasteiger partial charge < -0.3 is 19.3 Å². The van der Waals surface area contributed by atoms with Crippen LogP contribution < -0.4 is 9.64 Å². The van der Waals surface area contributed by atoms with Crippen molar-refractivity contribution in [2.75, 3.05) is 4.90 Å². The van der Waals surface area contributed by atoms with Crippen molar-refractivity contribution < 1.29 is 32.6 Å². The minimum atomic E-state index is -4.72. The molecule has 202 valence electrons. The van der Waals surface area contributed by atoms with E-state index in [0.717, 1.165) is 37.8 Å². The SMILES string of the molecule is CC1CCC(C(=O)N(c2ccc(Oc3ccc(-n4ccnc4)cc3C(F)(F)F)cc2C(=O)O)C(C)C)CC1. The third kappa shape index (κ3) is 5.84.